The monoisotopic (exact) mass is 266 g/mol. The molecule has 0 radical (unpaired) electrons. The molecule has 0 fully saturated rings. The number of rotatable bonds is 6. The van der Waals surface area contributed by atoms with E-state index in [2.05, 4.69) is 25.6 Å². The summed E-state index contributed by atoms with van der Waals surface area (Å²) in [7, 11) is 0. The third-order valence-electron chi connectivity index (χ3n) is 2.26. The van der Waals surface area contributed by atoms with E-state index in [0.29, 0.717) is 19.5 Å². The van der Waals surface area contributed by atoms with Crippen LogP contribution in [0.15, 0.2) is 12.7 Å². The maximum atomic E-state index is 11.5. The molecule has 7 nitrogen and oxygen atoms in total. The Morgan fingerprint density at radius 3 is 3.06 bits per heavy atom. The molecule has 96 valence electrons. The highest BCUT2D eigenvalue weighted by atomic mass is 32.1. The van der Waals surface area contributed by atoms with Crippen LogP contribution in [0, 0.1) is 6.92 Å². The van der Waals surface area contributed by atoms with Crippen molar-refractivity contribution in [3.63, 3.8) is 0 Å². The number of nitrogens with zero attached hydrogens (tertiary/aromatic N) is 5. The van der Waals surface area contributed by atoms with E-state index in [1.165, 1.54) is 6.33 Å². The Labute approximate surface area is 108 Å². The van der Waals surface area contributed by atoms with Crippen LogP contribution in [0.3, 0.4) is 0 Å². The quantitative estimate of drug-likeness (QED) is 0.806. The smallest absolute Gasteiger partial charge is 0.221 e. The van der Waals surface area contributed by atoms with Crippen LogP contribution in [0.1, 0.15) is 16.4 Å². The molecule has 0 saturated carbocycles. The molecular weight excluding hydrogens is 252 g/mol. The van der Waals surface area contributed by atoms with Crippen molar-refractivity contribution in [1.82, 2.24) is 30.3 Å². The predicted octanol–water partition coefficient (Wildman–Crippen LogP) is 0.187. The van der Waals surface area contributed by atoms with E-state index < -0.39 is 0 Å². The third kappa shape index (κ3) is 3.88. The fourth-order valence-electron chi connectivity index (χ4n) is 1.40. The summed E-state index contributed by atoms with van der Waals surface area (Å²) in [6.07, 6.45) is 4.17. The largest absolute Gasteiger partial charge is 0.356 e. The fraction of sp³-hybridized carbons (Fsp3) is 0.500. The Hall–Kier alpha value is -1.83. The predicted molar refractivity (Wildman–Crippen MR) is 66.0 cm³/mol. The van der Waals surface area contributed by atoms with Crippen LogP contribution in [0.2, 0.25) is 0 Å². The molecule has 2 aromatic rings. The summed E-state index contributed by atoms with van der Waals surface area (Å²) < 4.78 is 1.63. The van der Waals surface area contributed by atoms with Crippen LogP contribution in [-0.2, 0) is 17.8 Å². The molecule has 2 rings (SSSR count). The first-order valence-electron chi connectivity index (χ1n) is 5.62. The van der Waals surface area contributed by atoms with Crippen LogP contribution < -0.4 is 5.32 Å². The minimum Gasteiger partial charge on any atom is -0.356 e. The summed E-state index contributed by atoms with van der Waals surface area (Å²) in [5.74, 6) is 0.00624. The molecule has 0 saturated heterocycles. The zero-order valence-electron chi connectivity index (χ0n) is 10.0. The van der Waals surface area contributed by atoms with Gasteiger partial charge in [-0.3, -0.25) is 9.48 Å². The summed E-state index contributed by atoms with van der Waals surface area (Å²) >= 11 is 1.55. The lowest BCUT2D eigenvalue weighted by Gasteiger charge is -2.03. The van der Waals surface area contributed by atoms with Crippen molar-refractivity contribution in [2.24, 2.45) is 0 Å². The van der Waals surface area contributed by atoms with Gasteiger partial charge in [-0.15, -0.1) is 21.5 Å². The molecule has 0 aliphatic heterocycles. The molecule has 1 amide bonds. The lowest BCUT2D eigenvalue weighted by molar-refractivity contribution is -0.121. The van der Waals surface area contributed by atoms with Crippen molar-refractivity contribution in [2.45, 2.75) is 26.3 Å². The lowest BCUT2D eigenvalue weighted by atomic mass is 10.3. The molecule has 0 aliphatic carbocycles. The first-order valence-corrected chi connectivity index (χ1v) is 6.44. The van der Waals surface area contributed by atoms with Gasteiger partial charge in [0.25, 0.3) is 0 Å². The summed E-state index contributed by atoms with van der Waals surface area (Å²) in [6, 6.07) is 0. The van der Waals surface area contributed by atoms with Gasteiger partial charge in [-0.25, -0.2) is 4.98 Å². The maximum absolute atomic E-state index is 11.5. The minimum atomic E-state index is 0.00624. The van der Waals surface area contributed by atoms with Gasteiger partial charge in [0.2, 0.25) is 5.91 Å². The van der Waals surface area contributed by atoms with Crippen molar-refractivity contribution in [3.8, 4) is 0 Å². The number of nitrogens with one attached hydrogen (secondary N) is 1. The van der Waals surface area contributed by atoms with Gasteiger partial charge in [0.1, 0.15) is 22.7 Å². The average Bonchev–Trinajstić information content (AvgIpc) is 2.98. The maximum Gasteiger partial charge on any atom is 0.221 e. The fourth-order valence-corrected chi connectivity index (χ4v) is 2.11. The number of hydrogen-bond donors (Lipinski definition) is 1. The summed E-state index contributed by atoms with van der Waals surface area (Å²) in [5, 5.41) is 16.6. The second kappa shape index (κ2) is 6.20. The van der Waals surface area contributed by atoms with E-state index in [1.807, 2.05) is 6.92 Å². The Bertz CT molecular complexity index is 494. The van der Waals surface area contributed by atoms with E-state index >= 15 is 0 Å². The number of carbonyl (C=O) groups is 1. The number of hydrogen-bond acceptors (Lipinski definition) is 6. The van der Waals surface area contributed by atoms with Gasteiger partial charge in [0.15, 0.2) is 0 Å². The Balaban J connectivity index is 1.63. The first-order chi connectivity index (χ1) is 8.74. The summed E-state index contributed by atoms with van der Waals surface area (Å²) in [4.78, 5) is 15.3. The van der Waals surface area contributed by atoms with Crippen molar-refractivity contribution >= 4 is 17.2 Å². The van der Waals surface area contributed by atoms with Gasteiger partial charge < -0.3 is 5.32 Å². The van der Waals surface area contributed by atoms with Gasteiger partial charge in [-0.05, 0) is 6.92 Å². The summed E-state index contributed by atoms with van der Waals surface area (Å²) in [5.41, 5.74) is 0. The molecule has 0 aromatic carbocycles. The number of aromatic nitrogens is 5. The van der Waals surface area contributed by atoms with E-state index in [9.17, 15) is 4.79 Å². The van der Waals surface area contributed by atoms with E-state index in [1.54, 1.807) is 22.3 Å². The molecule has 8 heteroatoms. The van der Waals surface area contributed by atoms with Gasteiger partial charge in [-0.2, -0.15) is 5.10 Å². The Kier molecular flexibility index (Phi) is 4.35. The molecule has 0 spiro atoms. The van der Waals surface area contributed by atoms with Gasteiger partial charge >= 0.3 is 0 Å². The van der Waals surface area contributed by atoms with Gasteiger partial charge in [-0.1, -0.05) is 0 Å². The van der Waals surface area contributed by atoms with Crippen LogP contribution in [0.25, 0.3) is 0 Å². The van der Waals surface area contributed by atoms with Crippen molar-refractivity contribution < 1.29 is 4.79 Å². The van der Waals surface area contributed by atoms with Gasteiger partial charge in [0, 0.05) is 19.4 Å². The highest BCUT2D eigenvalue weighted by Gasteiger charge is 2.04. The van der Waals surface area contributed by atoms with Crippen LogP contribution >= 0.6 is 11.3 Å². The van der Waals surface area contributed by atoms with E-state index in [-0.39, 0.29) is 5.91 Å². The Morgan fingerprint density at radius 2 is 2.39 bits per heavy atom. The molecule has 18 heavy (non-hydrogen) atoms. The second-order valence-corrected chi connectivity index (χ2v) is 4.99. The van der Waals surface area contributed by atoms with Gasteiger partial charge in [0.05, 0.1) is 6.54 Å². The molecular formula is C10H14N6OS. The average molecular weight is 266 g/mol. The van der Waals surface area contributed by atoms with Crippen LogP contribution in [-0.4, -0.2) is 37.4 Å². The zero-order chi connectivity index (χ0) is 12.8. The van der Waals surface area contributed by atoms with Crippen molar-refractivity contribution in [2.75, 3.05) is 6.54 Å². The third-order valence-corrected chi connectivity index (χ3v) is 3.16. The van der Waals surface area contributed by atoms with Crippen LogP contribution in [0.4, 0.5) is 0 Å². The van der Waals surface area contributed by atoms with E-state index in [0.717, 1.165) is 16.4 Å². The highest BCUT2D eigenvalue weighted by molar-refractivity contribution is 7.11. The molecule has 0 bridgehead atoms. The molecule has 0 atom stereocenters. The van der Waals surface area contributed by atoms with E-state index in [4.69, 9.17) is 0 Å². The molecule has 2 heterocycles. The molecule has 1 N–H and O–H groups in total. The second-order valence-electron chi connectivity index (χ2n) is 3.72. The first kappa shape index (κ1) is 12.6. The zero-order valence-corrected chi connectivity index (χ0v) is 10.9. The molecule has 2 aromatic heterocycles. The molecule has 0 aliphatic rings. The minimum absolute atomic E-state index is 0.00624. The SMILES string of the molecule is Cc1nnc(CCNC(=O)CCn2cncn2)s1. The number of amides is 1. The highest BCUT2D eigenvalue weighted by Crippen LogP contribution is 2.07. The lowest BCUT2D eigenvalue weighted by Crippen LogP contribution is -2.26. The van der Waals surface area contributed by atoms with Crippen molar-refractivity contribution in [1.29, 1.82) is 0 Å². The molecule has 0 unspecified atom stereocenters. The normalized spacial score (nSPS) is 10.5. The topological polar surface area (TPSA) is 85.6 Å². The standard InChI is InChI=1S/C10H14N6OS/c1-8-14-15-10(18-8)2-4-12-9(17)3-5-16-7-11-6-13-16/h6-7H,2-5H2,1H3,(H,12,17). The Morgan fingerprint density at radius 1 is 1.50 bits per heavy atom. The number of aryl methyl sites for hydroxylation is 2. The van der Waals surface area contributed by atoms with Crippen LogP contribution in [0.5, 0.6) is 0 Å². The van der Waals surface area contributed by atoms with Crippen molar-refractivity contribution in [3.05, 3.63) is 22.7 Å². The number of carbonyl (C=O) groups excluding carboxylic acids is 1. The summed E-state index contributed by atoms with van der Waals surface area (Å²) in [6.45, 7) is 3.05.